The molecule has 0 N–H and O–H groups in total. The van der Waals surface area contributed by atoms with Crippen LogP contribution in [-0.4, -0.2) is 70.8 Å². The first-order valence-electron chi connectivity index (χ1n) is 9.48. The molecule has 2 fully saturated rings. The van der Waals surface area contributed by atoms with Crippen molar-refractivity contribution in [2.24, 2.45) is 5.92 Å². The minimum Gasteiger partial charge on any atom is -0.378 e. The number of aromatic nitrogens is 2. The van der Waals surface area contributed by atoms with Gasteiger partial charge in [-0.25, -0.2) is 4.68 Å². The van der Waals surface area contributed by atoms with Crippen molar-refractivity contribution in [2.45, 2.75) is 12.8 Å². The van der Waals surface area contributed by atoms with Crippen molar-refractivity contribution in [3.8, 4) is 5.69 Å². The molecule has 1 aromatic carbocycles. The van der Waals surface area contributed by atoms with Crippen molar-refractivity contribution in [2.75, 3.05) is 39.4 Å². The van der Waals surface area contributed by atoms with Crippen molar-refractivity contribution in [1.82, 2.24) is 19.6 Å². The molecule has 27 heavy (non-hydrogen) atoms. The molecule has 0 spiro atoms. The van der Waals surface area contributed by atoms with E-state index in [9.17, 15) is 9.59 Å². The van der Waals surface area contributed by atoms with Crippen molar-refractivity contribution in [3.05, 3.63) is 48.3 Å². The zero-order valence-electron chi connectivity index (χ0n) is 15.3. The van der Waals surface area contributed by atoms with Crippen molar-refractivity contribution < 1.29 is 14.3 Å². The van der Waals surface area contributed by atoms with Crippen molar-refractivity contribution >= 4 is 11.8 Å². The summed E-state index contributed by atoms with van der Waals surface area (Å²) in [7, 11) is 0. The number of amides is 2. The highest BCUT2D eigenvalue weighted by Crippen LogP contribution is 2.22. The van der Waals surface area contributed by atoms with E-state index in [1.54, 1.807) is 17.1 Å². The van der Waals surface area contributed by atoms with E-state index in [2.05, 4.69) is 5.10 Å². The van der Waals surface area contributed by atoms with Crippen LogP contribution in [0.2, 0.25) is 0 Å². The second-order valence-corrected chi connectivity index (χ2v) is 7.01. The summed E-state index contributed by atoms with van der Waals surface area (Å²) in [5.74, 6) is 0.205. The van der Waals surface area contributed by atoms with E-state index in [0.29, 0.717) is 45.0 Å². The van der Waals surface area contributed by atoms with E-state index in [-0.39, 0.29) is 17.7 Å². The minimum absolute atomic E-state index is 0.0131. The summed E-state index contributed by atoms with van der Waals surface area (Å²) in [5.41, 5.74) is 1.50. The zero-order valence-corrected chi connectivity index (χ0v) is 15.3. The average Bonchev–Trinajstić information content (AvgIpc) is 3.24. The molecule has 0 bridgehead atoms. The minimum atomic E-state index is -0.0190. The van der Waals surface area contributed by atoms with Crippen LogP contribution in [-0.2, 0) is 9.53 Å². The Balaban J connectivity index is 1.35. The molecule has 0 unspecified atom stereocenters. The van der Waals surface area contributed by atoms with E-state index < -0.39 is 0 Å². The number of ether oxygens (including phenoxy) is 1. The van der Waals surface area contributed by atoms with Gasteiger partial charge in [-0.2, -0.15) is 5.10 Å². The van der Waals surface area contributed by atoms with Gasteiger partial charge < -0.3 is 14.5 Å². The van der Waals surface area contributed by atoms with Crippen LogP contribution in [0.1, 0.15) is 23.2 Å². The normalized spacial score (nSPS) is 18.5. The third-order valence-electron chi connectivity index (χ3n) is 5.30. The van der Waals surface area contributed by atoms with E-state index >= 15 is 0 Å². The van der Waals surface area contributed by atoms with Crippen LogP contribution < -0.4 is 0 Å². The Bertz CT molecular complexity index is 791. The summed E-state index contributed by atoms with van der Waals surface area (Å²) in [6, 6.07) is 9.72. The lowest BCUT2D eigenvalue weighted by Gasteiger charge is -2.35. The predicted molar refractivity (Wildman–Crippen MR) is 99.6 cm³/mol. The molecule has 0 atom stereocenters. The molecule has 0 aliphatic carbocycles. The molecule has 3 heterocycles. The maximum absolute atomic E-state index is 12.8. The molecule has 7 heteroatoms. The van der Waals surface area contributed by atoms with Crippen LogP contribution in [0.25, 0.3) is 5.69 Å². The van der Waals surface area contributed by atoms with Crippen LogP contribution in [0.15, 0.2) is 42.7 Å². The highest BCUT2D eigenvalue weighted by molar-refractivity contribution is 5.94. The Labute approximate surface area is 158 Å². The first kappa shape index (κ1) is 17.7. The topological polar surface area (TPSA) is 67.7 Å². The highest BCUT2D eigenvalue weighted by Gasteiger charge is 2.31. The van der Waals surface area contributed by atoms with Crippen LogP contribution >= 0.6 is 0 Å². The van der Waals surface area contributed by atoms with Crippen LogP contribution in [0.3, 0.4) is 0 Å². The molecule has 1 aromatic heterocycles. The summed E-state index contributed by atoms with van der Waals surface area (Å²) in [5, 5.41) is 4.30. The fourth-order valence-corrected chi connectivity index (χ4v) is 3.71. The summed E-state index contributed by atoms with van der Waals surface area (Å²) in [6.07, 6.45) is 4.81. The van der Waals surface area contributed by atoms with Gasteiger partial charge in [0, 0.05) is 38.3 Å². The van der Waals surface area contributed by atoms with Crippen molar-refractivity contribution in [3.63, 3.8) is 0 Å². The summed E-state index contributed by atoms with van der Waals surface area (Å²) < 4.78 is 7.02. The number of piperidine rings is 1. The van der Waals surface area contributed by atoms with Gasteiger partial charge in [-0.05, 0) is 25.0 Å². The van der Waals surface area contributed by atoms with Gasteiger partial charge in [-0.1, -0.05) is 18.2 Å². The maximum Gasteiger partial charge on any atom is 0.257 e. The van der Waals surface area contributed by atoms with Crippen LogP contribution in [0.5, 0.6) is 0 Å². The lowest BCUT2D eigenvalue weighted by Crippen LogP contribution is -2.47. The average molecular weight is 368 g/mol. The second-order valence-electron chi connectivity index (χ2n) is 7.01. The smallest absolute Gasteiger partial charge is 0.257 e. The van der Waals surface area contributed by atoms with Gasteiger partial charge in [0.05, 0.1) is 30.7 Å². The number of morpholine rings is 1. The molecule has 142 valence electrons. The number of carbonyl (C=O) groups excluding carboxylic acids is 2. The largest absolute Gasteiger partial charge is 0.378 e. The standard InChI is InChI=1S/C20H24N4O3/c25-19(23-10-12-27-13-11-23)16-6-8-22(9-7-16)20(26)17-14-21-24(15-17)18-4-2-1-3-5-18/h1-5,14-16H,6-13H2. The van der Waals surface area contributed by atoms with Crippen molar-refractivity contribution in [1.29, 1.82) is 0 Å². The van der Waals surface area contributed by atoms with Gasteiger partial charge in [0.2, 0.25) is 5.91 Å². The molecule has 2 amide bonds. The third-order valence-corrected chi connectivity index (χ3v) is 5.30. The maximum atomic E-state index is 12.8. The number of hydrogen-bond acceptors (Lipinski definition) is 4. The van der Waals surface area contributed by atoms with Gasteiger partial charge >= 0.3 is 0 Å². The Morgan fingerprint density at radius 3 is 2.37 bits per heavy atom. The molecule has 0 radical (unpaired) electrons. The second kappa shape index (κ2) is 7.92. The molecule has 2 aliphatic heterocycles. The Morgan fingerprint density at radius 1 is 0.963 bits per heavy atom. The monoisotopic (exact) mass is 368 g/mol. The number of carbonyl (C=O) groups is 2. The zero-order chi connectivity index (χ0) is 18.6. The molecule has 0 saturated carbocycles. The fraction of sp³-hybridized carbons (Fsp3) is 0.450. The van der Waals surface area contributed by atoms with E-state index in [1.165, 1.54) is 0 Å². The number of hydrogen-bond donors (Lipinski definition) is 0. The quantitative estimate of drug-likeness (QED) is 0.825. The Morgan fingerprint density at radius 2 is 1.67 bits per heavy atom. The number of para-hydroxylation sites is 1. The predicted octanol–water partition coefficient (Wildman–Crippen LogP) is 1.58. The van der Waals surface area contributed by atoms with Gasteiger partial charge in [0.25, 0.3) is 5.91 Å². The SMILES string of the molecule is O=C(c1cnn(-c2ccccc2)c1)N1CCC(C(=O)N2CCOCC2)CC1. The molecule has 7 nitrogen and oxygen atoms in total. The van der Waals surface area contributed by atoms with Crippen LogP contribution in [0.4, 0.5) is 0 Å². The first-order chi connectivity index (χ1) is 13.2. The number of nitrogens with zero attached hydrogens (tertiary/aromatic N) is 4. The summed E-state index contributed by atoms with van der Waals surface area (Å²) >= 11 is 0. The van der Waals surface area contributed by atoms with E-state index in [0.717, 1.165) is 18.5 Å². The highest BCUT2D eigenvalue weighted by atomic mass is 16.5. The number of likely N-dealkylation sites (tertiary alicyclic amines) is 1. The first-order valence-corrected chi connectivity index (χ1v) is 9.48. The van der Waals surface area contributed by atoms with E-state index in [4.69, 9.17) is 4.74 Å². The molecular weight excluding hydrogens is 344 g/mol. The summed E-state index contributed by atoms with van der Waals surface area (Å²) in [4.78, 5) is 29.1. The van der Waals surface area contributed by atoms with Crippen LogP contribution in [0, 0.1) is 5.92 Å². The molecule has 2 aliphatic rings. The lowest BCUT2D eigenvalue weighted by molar-refractivity contribution is -0.141. The lowest BCUT2D eigenvalue weighted by atomic mass is 9.94. The Hall–Kier alpha value is -2.67. The Kier molecular flexibility index (Phi) is 5.20. The number of benzene rings is 1. The van der Waals surface area contributed by atoms with Gasteiger partial charge in [-0.15, -0.1) is 0 Å². The third kappa shape index (κ3) is 3.88. The number of rotatable bonds is 3. The molecular formula is C20H24N4O3. The molecule has 2 aromatic rings. The van der Waals surface area contributed by atoms with E-state index in [1.807, 2.05) is 40.1 Å². The molecule has 4 rings (SSSR count). The van der Waals surface area contributed by atoms with Gasteiger partial charge in [0.15, 0.2) is 0 Å². The fourth-order valence-electron chi connectivity index (χ4n) is 3.71. The molecule has 2 saturated heterocycles. The summed E-state index contributed by atoms with van der Waals surface area (Å²) in [6.45, 7) is 3.81. The van der Waals surface area contributed by atoms with Gasteiger partial charge in [-0.3, -0.25) is 9.59 Å². The van der Waals surface area contributed by atoms with Gasteiger partial charge in [0.1, 0.15) is 0 Å².